The Labute approximate surface area is 88.9 Å². The van der Waals surface area contributed by atoms with Gasteiger partial charge in [-0.3, -0.25) is 4.79 Å². The van der Waals surface area contributed by atoms with Crippen LogP contribution < -0.4 is 0 Å². The molecule has 0 spiro atoms. The summed E-state index contributed by atoms with van der Waals surface area (Å²) in [6.45, 7) is 0. The highest BCUT2D eigenvalue weighted by molar-refractivity contribution is 7.14. The zero-order valence-electron chi connectivity index (χ0n) is 7.86. The molecule has 15 heavy (non-hydrogen) atoms. The molecule has 0 N–H and O–H groups in total. The third kappa shape index (κ3) is 2.07. The van der Waals surface area contributed by atoms with Crippen LogP contribution >= 0.6 is 11.3 Å². The van der Waals surface area contributed by atoms with Gasteiger partial charge in [-0.25, -0.2) is 0 Å². The van der Waals surface area contributed by atoms with Gasteiger partial charge in [0.15, 0.2) is 0 Å². The van der Waals surface area contributed by atoms with E-state index in [0.717, 1.165) is 47.5 Å². The number of fused-ring (bicyclic) bond motifs is 1. The number of carbonyl (C=O) groups excluding carboxylic acids is 1. The van der Waals surface area contributed by atoms with Gasteiger partial charge in [0.25, 0.3) is 5.78 Å². The van der Waals surface area contributed by atoms with E-state index in [-0.39, 0.29) is 4.88 Å². The highest BCUT2D eigenvalue weighted by Gasteiger charge is 2.40. The molecule has 1 heterocycles. The van der Waals surface area contributed by atoms with E-state index in [1.54, 1.807) is 0 Å². The highest BCUT2D eigenvalue weighted by Crippen LogP contribution is 2.33. The number of carbonyl (C=O) groups is 1. The second-order valence-electron chi connectivity index (χ2n) is 3.59. The summed E-state index contributed by atoms with van der Waals surface area (Å²) in [5.74, 6) is -1.71. The number of hydrogen-bond donors (Lipinski definition) is 0. The molecule has 0 saturated heterocycles. The van der Waals surface area contributed by atoms with E-state index in [1.807, 2.05) is 0 Å². The maximum atomic E-state index is 12.2. The molecule has 0 saturated carbocycles. The van der Waals surface area contributed by atoms with Gasteiger partial charge in [-0.2, -0.15) is 13.2 Å². The molecule has 0 atom stereocenters. The van der Waals surface area contributed by atoms with E-state index >= 15 is 0 Å². The smallest absolute Gasteiger partial charge is 0.283 e. The molecular weight excluding hydrogens is 225 g/mol. The Morgan fingerprint density at radius 1 is 1.27 bits per heavy atom. The van der Waals surface area contributed by atoms with Crippen molar-refractivity contribution in [3.05, 3.63) is 21.4 Å². The maximum Gasteiger partial charge on any atom is 0.455 e. The predicted octanol–water partition coefficient (Wildman–Crippen LogP) is 3.37. The van der Waals surface area contributed by atoms with Crippen molar-refractivity contribution >= 4 is 17.1 Å². The first-order chi connectivity index (χ1) is 6.98. The predicted molar refractivity (Wildman–Crippen MR) is 51.3 cm³/mol. The number of alkyl halides is 3. The minimum Gasteiger partial charge on any atom is -0.283 e. The number of hydrogen-bond acceptors (Lipinski definition) is 2. The fraction of sp³-hybridized carbons (Fsp3) is 0.500. The monoisotopic (exact) mass is 234 g/mol. The van der Waals surface area contributed by atoms with E-state index in [4.69, 9.17) is 0 Å². The lowest BCUT2D eigenvalue weighted by molar-refractivity contribution is -0.0882. The van der Waals surface area contributed by atoms with Crippen LogP contribution in [0.2, 0.25) is 0 Å². The molecule has 1 aromatic heterocycles. The summed E-state index contributed by atoms with van der Waals surface area (Å²) in [4.78, 5) is 11.8. The van der Waals surface area contributed by atoms with Crippen LogP contribution in [-0.2, 0) is 12.8 Å². The summed E-state index contributed by atoms with van der Waals surface area (Å²) in [6.07, 6.45) is -1.12. The van der Waals surface area contributed by atoms with E-state index in [1.165, 1.54) is 6.07 Å². The zero-order valence-corrected chi connectivity index (χ0v) is 8.67. The van der Waals surface area contributed by atoms with Crippen molar-refractivity contribution in [2.24, 2.45) is 0 Å². The Kier molecular flexibility index (Phi) is 2.58. The van der Waals surface area contributed by atoms with Crippen LogP contribution in [-0.4, -0.2) is 12.0 Å². The first-order valence-corrected chi connectivity index (χ1v) is 5.53. The van der Waals surface area contributed by atoms with Gasteiger partial charge >= 0.3 is 6.18 Å². The normalized spacial score (nSPS) is 16.2. The van der Waals surface area contributed by atoms with Gasteiger partial charge in [-0.05, 0) is 37.3 Å². The van der Waals surface area contributed by atoms with Crippen molar-refractivity contribution in [3.63, 3.8) is 0 Å². The number of thiophene rings is 1. The molecule has 5 heteroatoms. The number of ketones is 1. The molecule has 1 aromatic rings. The van der Waals surface area contributed by atoms with Crippen LogP contribution in [0.1, 0.15) is 33.0 Å². The fourth-order valence-electron chi connectivity index (χ4n) is 1.74. The van der Waals surface area contributed by atoms with Crippen molar-refractivity contribution in [2.75, 3.05) is 0 Å². The van der Waals surface area contributed by atoms with Crippen molar-refractivity contribution in [1.29, 1.82) is 0 Å². The lowest BCUT2D eigenvalue weighted by Gasteiger charge is -2.08. The lowest BCUT2D eigenvalue weighted by Crippen LogP contribution is -2.21. The molecule has 0 unspecified atom stereocenters. The molecule has 82 valence electrons. The molecule has 0 aliphatic heterocycles. The van der Waals surface area contributed by atoms with Crippen LogP contribution in [0.3, 0.4) is 0 Å². The Morgan fingerprint density at radius 2 is 1.93 bits per heavy atom. The third-order valence-electron chi connectivity index (χ3n) is 2.48. The van der Waals surface area contributed by atoms with Crippen molar-refractivity contribution < 1.29 is 18.0 Å². The third-order valence-corrected chi connectivity index (χ3v) is 3.71. The average molecular weight is 234 g/mol. The van der Waals surface area contributed by atoms with E-state index in [2.05, 4.69) is 0 Å². The van der Waals surface area contributed by atoms with Gasteiger partial charge in [-0.15, -0.1) is 11.3 Å². The molecule has 0 radical (unpaired) electrons. The van der Waals surface area contributed by atoms with Gasteiger partial charge in [0.05, 0.1) is 4.88 Å². The van der Waals surface area contributed by atoms with Gasteiger partial charge in [-0.1, -0.05) is 0 Å². The summed E-state index contributed by atoms with van der Waals surface area (Å²) in [5, 5.41) is 0. The molecule has 1 aliphatic carbocycles. The van der Waals surface area contributed by atoms with E-state index in [9.17, 15) is 18.0 Å². The van der Waals surface area contributed by atoms with Gasteiger partial charge in [0.1, 0.15) is 0 Å². The summed E-state index contributed by atoms with van der Waals surface area (Å²) < 4.78 is 36.5. The van der Waals surface area contributed by atoms with Gasteiger partial charge in [0.2, 0.25) is 0 Å². The second kappa shape index (κ2) is 3.63. The van der Waals surface area contributed by atoms with Crippen molar-refractivity contribution in [1.82, 2.24) is 0 Å². The van der Waals surface area contributed by atoms with E-state index in [0.29, 0.717) is 0 Å². The zero-order chi connectivity index (χ0) is 11.1. The Morgan fingerprint density at radius 3 is 2.53 bits per heavy atom. The quantitative estimate of drug-likeness (QED) is 0.681. The average Bonchev–Trinajstić information content (AvgIpc) is 2.58. The Balaban J connectivity index is 2.30. The number of Topliss-reactive ketones (excluding diaryl/α,β-unsaturated/α-hetero) is 1. The first-order valence-electron chi connectivity index (χ1n) is 4.71. The van der Waals surface area contributed by atoms with Crippen LogP contribution in [0.25, 0.3) is 0 Å². The van der Waals surface area contributed by atoms with E-state index < -0.39 is 12.0 Å². The first kappa shape index (κ1) is 10.7. The van der Waals surface area contributed by atoms with Crippen LogP contribution in [0.15, 0.2) is 6.07 Å². The van der Waals surface area contributed by atoms with Crippen molar-refractivity contribution in [2.45, 2.75) is 31.9 Å². The molecule has 2 rings (SSSR count). The number of aryl methyl sites for hydroxylation is 2. The van der Waals surface area contributed by atoms with Gasteiger partial charge in [0, 0.05) is 4.88 Å². The van der Waals surface area contributed by atoms with Gasteiger partial charge < -0.3 is 0 Å². The Hall–Kier alpha value is -0.840. The topological polar surface area (TPSA) is 17.1 Å². The fourth-order valence-corrected chi connectivity index (χ4v) is 2.96. The SMILES string of the molecule is O=C(c1cc2c(s1)CCCC2)C(F)(F)F. The molecule has 0 amide bonds. The largest absolute Gasteiger partial charge is 0.455 e. The summed E-state index contributed by atoms with van der Waals surface area (Å²) in [5.41, 5.74) is 0.929. The molecule has 0 bridgehead atoms. The Bertz CT molecular complexity index is 368. The van der Waals surface area contributed by atoms with Crippen molar-refractivity contribution in [3.8, 4) is 0 Å². The van der Waals surface area contributed by atoms with Crippen LogP contribution in [0.4, 0.5) is 13.2 Å². The summed E-state index contributed by atoms with van der Waals surface area (Å²) in [7, 11) is 0. The molecular formula is C10H9F3OS. The number of rotatable bonds is 1. The summed E-state index contributed by atoms with van der Waals surface area (Å²) in [6, 6.07) is 1.41. The minimum atomic E-state index is -4.74. The molecule has 1 aliphatic rings. The molecule has 1 nitrogen and oxygen atoms in total. The summed E-state index contributed by atoms with van der Waals surface area (Å²) >= 11 is 1.00. The number of halogens is 3. The maximum absolute atomic E-state index is 12.2. The molecule has 0 aromatic carbocycles. The van der Waals surface area contributed by atoms with Crippen LogP contribution in [0, 0.1) is 0 Å². The minimum absolute atomic E-state index is 0.158. The lowest BCUT2D eigenvalue weighted by atomic mass is 9.99. The standard InChI is InChI=1S/C10H9F3OS/c11-10(12,13)9(14)8-5-6-3-1-2-4-7(6)15-8/h5H,1-4H2. The molecule has 0 fully saturated rings. The highest BCUT2D eigenvalue weighted by atomic mass is 32.1. The van der Waals surface area contributed by atoms with Crippen LogP contribution in [0.5, 0.6) is 0 Å². The second-order valence-corrected chi connectivity index (χ2v) is 4.73.